The van der Waals surface area contributed by atoms with Crippen molar-refractivity contribution in [3.8, 4) is 0 Å². The Balaban J connectivity index is 1.45. The van der Waals surface area contributed by atoms with Gasteiger partial charge in [-0.15, -0.1) is 4.40 Å². The molecule has 4 rings (SSSR count). The molecule has 3 aliphatic rings. The van der Waals surface area contributed by atoms with Crippen LogP contribution in [0.15, 0.2) is 34.2 Å². The van der Waals surface area contributed by atoms with Crippen molar-refractivity contribution in [2.24, 2.45) is 10.3 Å². The average Bonchev–Trinajstić information content (AvgIpc) is 3.29. The highest BCUT2D eigenvalue weighted by Gasteiger charge is 2.35. The van der Waals surface area contributed by atoms with Crippen LogP contribution in [0.2, 0.25) is 5.02 Å². The van der Waals surface area contributed by atoms with Gasteiger partial charge in [0.2, 0.25) is 5.91 Å². The lowest BCUT2D eigenvalue weighted by atomic mass is 10.0. The Morgan fingerprint density at radius 3 is 2.52 bits per heavy atom. The summed E-state index contributed by atoms with van der Waals surface area (Å²) in [4.78, 5) is 14.6. The number of carbonyl (C=O) groups is 1. The molecule has 156 valence electrons. The van der Waals surface area contributed by atoms with Crippen LogP contribution >= 0.6 is 11.6 Å². The molecule has 8 heteroatoms. The molecule has 1 saturated carbocycles. The Morgan fingerprint density at radius 2 is 1.86 bits per heavy atom. The van der Waals surface area contributed by atoms with E-state index >= 15 is 0 Å². The molecule has 1 N–H and O–H groups in total. The van der Waals surface area contributed by atoms with Crippen molar-refractivity contribution in [1.82, 2.24) is 10.2 Å². The molecule has 2 aliphatic heterocycles. The van der Waals surface area contributed by atoms with E-state index in [0.29, 0.717) is 35.1 Å². The number of hydrogen-bond acceptors (Lipinski definition) is 4. The summed E-state index contributed by atoms with van der Waals surface area (Å²) < 4.78 is 29.5. The van der Waals surface area contributed by atoms with E-state index in [1.54, 1.807) is 31.2 Å². The summed E-state index contributed by atoms with van der Waals surface area (Å²) in [5.41, 5.74) is 1.22. The van der Waals surface area contributed by atoms with Gasteiger partial charge < -0.3 is 10.2 Å². The van der Waals surface area contributed by atoms with Gasteiger partial charge in [0.1, 0.15) is 10.7 Å². The van der Waals surface area contributed by atoms with E-state index in [1.165, 1.54) is 0 Å². The van der Waals surface area contributed by atoms with Crippen LogP contribution in [0.5, 0.6) is 0 Å². The predicted molar refractivity (Wildman–Crippen MR) is 115 cm³/mol. The molecule has 1 aromatic carbocycles. The lowest BCUT2D eigenvalue weighted by Gasteiger charge is -2.34. The van der Waals surface area contributed by atoms with E-state index in [-0.39, 0.29) is 22.8 Å². The molecule has 0 aromatic heterocycles. The van der Waals surface area contributed by atoms with Gasteiger partial charge in [0, 0.05) is 35.6 Å². The number of nitrogens with one attached hydrogen (secondary N) is 1. The molecular formula is C21H26ClN3O3S. The van der Waals surface area contributed by atoms with Crippen LogP contribution in [0.25, 0.3) is 4.91 Å². The highest BCUT2D eigenvalue weighted by atomic mass is 35.5. The van der Waals surface area contributed by atoms with Crippen molar-refractivity contribution < 1.29 is 13.2 Å². The summed E-state index contributed by atoms with van der Waals surface area (Å²) in [6.07, 6.45) is 5.86. The van der Waals surface area contributed by atoms with Crippen molar-refractivity contribution in [1.29, 1.82) is 0 Å². The summed E-state index contributed by atoms with van der Waals surface area (Å²) >= 11 is 6.05. The van der Waals surface area contributed by atoms with E-state index in [0.717, 1.165) is 38.5 Å². The molecule has 0 spiro atoms. The lowest BCUT2D eigenvalue weighted by Crippen LogP contribution is -2.47. The second-order valence-electron chi connectivity index (χ2n) is 8.11. The zero-order valence-corrected chi connectivity index (χ0v) is 18.1. The zero-order chi connectivity index (χ0) is 20.6. The normalized spacial score (nSPS) is 22.8. The minimum atomic E-state index is -3.75. The largest absolute Gasteiger partial charge is 0.356 e. The smallest absolute Gasteiger partial charge is 0.285 e. The number of carbonyl (C=O) groups excluding carboxylic acids is 1. The fraction of sp³-hybridized carbons (Fsp3) is 0.524. The first-order chi connectivity index (χ1) is 13.8. The first-order valence-electron chi connectivity index (χ1n) is 10.2. The van der Waals surface area contributed by atoms with E-state index in [1.807, 2.05) is 4.90 Å². The van der Waals surface area contributed by atoms with E-state index < -0.39 is 10.0 Å². The molecule has 0 atom stereocenters. The summed E-state index contributed by atoms with van der Waals surface area (Å²) in [6, 6.07) is 7.00. The molecule has 2 heterocycles. The minimum absolute atomic E-state index is 0.148. The van der Waals surface area contributed by atoms with Crippen molar-refractivity contribution in [3.05, 3.63) is 40.4 Å². The monoisotopic (exact) mass is 435 g/mol. The standard InChI is InChI=1S/C21H26ClN3O3S/c1-14-19(16-7-4-8-17(22)13-16)29(27,28)24-20(14)25-11-9-18(10-12-25)23-21(26)15-5-2-3-6-15/h4,7-8,13,15,18H,2-3,5-6,9-12H2,1H3,(H,23,26). The first-order valence-corrected chi connectivity index (χ1v) is 12.0. The van der Waals surface area contributed by atoms with Gasteiger partial charge in [-0.25, -0.2) is 0 Å². The molecule has 0 radical (unpaired) electrons. The summed E-state index contributed by atoms with van der Waals surface area (Å²) in [5, 5.41) is 3.68. The highest BCUT2D eigenvalue weighted by molar-refractivity contribution is 8.00. The van der Waals surface area contributed by atoms with Crippen LogP contribution in [0.1, 0.15) is 51.0 Å². The number of nitrogens with zero attached hydrogens (tertiary/aromatic N) is 2. The summed E-state index contributed by atoms with van der Waals surface area (Å²) in [6.45, 7) is 3.14. The highest BCUT2D eigenvalue weighted by Crippen LogP contribution is 2.35. The number of hydrogen-bond donors (Lipinski definition) is 1. The third kappa shape index (κ3) is 4.21. The van der Waals surface area contributed by atoms with Gasteiger partial charge in [0.15, 0.2) is 0 Å². The quantitative estimate of drug-likeness (QED) is 0.786. The van der Waals surface area contributed by atoms with Crippen molar-refractivity contribution in [2.75, 3.05) is 13.1 Å². The zero-order valence-electron chi connectivity index (χ0n) is 16.5. The van der Waals surface area contributed by atoms with Crippen LogP contribution in [-0.4, -0.2) is 44.2 Å². The first kappa shape index (κ1) is 20.4. The maximum atomic E-state index is 12.7. The number of amides is 1. The Hall–Kier alpha value is -1.86. The van der Waals surface area contributed by atoms with E-state index in [4.69, 9.17) is 11.6 Å². The molecule has 2 fully saturated rings. The van der Waals surface area contributed by atoms with Crippen molar-refractivity contribution >= 4 is 38.3 Å². The third-order valence-corrected chi connectivity index (χ3v) is 7.80. The second kappa shape index (κ2) is 8.11. The van der Waals surface area contributed by atoms with Crippen LogP contribution in [-0.2, 0) is 14.8 Å². The Bertz CT molecular complexity index is 973. The summed E-state index contributed by atoms with van der Waals surface area (Å²) in [5.74, 6) is 0.865. The molecule has 29 heavy (non-hydrogen) atoms. The topological polar surface area (TPSA) is 78.8 Å². The van der Waals surface area contributed by atoms with Crippen LogP contribution < -0.4 is 5.32 Å². The average molecular weight is 436 g/mol. The number of halogens is 1. The SMILES string of the molecule is CC1=C(c2cccc(Cl)c2)S(=O)(=O)N=C1N1CCC(NC(=O)C2CCCC2)CC1. The number of likely N-dealkylation sites (tertiary alicyclic amines) is 1. The van der Waals surface area contributed by atoms with Crippen LogP contribution in [0.4, 0.5) is 0 Å². The van der Waals surface area contributed by atoms with Gasteiger partial charge in [0.25, 0.3) is 10.0 Å². The van der Waals surface area contributed by atoms with Gasteiger partial charge in [-0.2, -0.15) is 8.42 Å². The molecule has 6 nitrogen and oxygen atoms in total. The number of amidine groups is 1. The maximum Gasteiger partial charge on any atom is 0.285 e. The molecule has 1 saturated heterocycles. The van der Waals surface area contributed by atoms with Crippen LogP contribution in [0, 0.1) is 5.92 Å². The fourth-order valence-electron chi connectivity index (χ4n) is 4.56. The number of sulfonamides is 1. The second-order valence-corrected chi connectivity index (χ2v) is 10.1. The maximum absolute atomic E-state index is 12.7. The summed E-state index contributed by atoms with van der Waals surface area (Å²) in [7, 11) is -3.75. The molecule has 1 amide bonds. The van der Waals surface area contributed by atoms with Gasteiger partial charge in [-0.05, 0) is 50.3 Å². The lowest BCUT2D eigenvalue weighted by molar-refractivity contribution is -0.125. The Morgan fingerprint density at radius 1 is 1.17 bits per heavy atom. The molecule has 1 aromatic rings. The van der Waals surface area contributed by atoms with Gasteiger partial charge in [-0.3, -0.25) is 4.79 Å². The molecule has 1 aliphatic carbocycles. The van der Waals surface area contributed by atoms with Gasteiger partial charge >= 0.3 is 0 Å². The molecular weight excluding hydrogens is 410 g/mol. The fourth-order valence-corrected chi connectivity index (χ4v) is 6.22. The third-order valence-electron chi connectivity index (χ3n) is 6.09. The number of rotatable bonds is 3. The Labute approximate surface area is 177 Å². The van der Waals surface area contributed by atoms with Gasteiger partial charge in [0.05, 0.1) is 0 Å². The minimum Gasteiger partial charge on any atom is -0.356 e. The predicted octanol–water partition coefficient (Wildman–Crippen LogP) is 3.58. The van der Waals surface area contributed by atoms with Crippen molar-refractivity contribution in [3.63, 3.8) is 0 Å². The molecule has 0 bridgehead atoms. The van der Waals surface area contributed by atoms with E-state index in [2.05, 4.69) is 9.71 Å². The van der Waals surface area contributed by atoms with Gasteiger partial charge in [-0.1, -0.05) is 36.6 Å². The Kier molecular flexibility index (Phi) is 5.71. The number of benzene rings is 1. The van der Waals surface area contributed by atoms with E-state index in [9.17, 15) is 13.2 Å². The number of piperidine rings is 1. The van der Waals surface area contributed by atoms with Crippen molar-refractivity contribution in [2.45, 2.75) is 51.5 Å². The molecule has 0 unspecified atom stereocenters. The van der Waals surface area contributed by atoms with Crippen LogP contribution in [0.3, 0.4) is 0 Å².